The average Bonchev–Trinajstić information content (AvgIpc) is 2.36. The second kappa shape index (κ2) is 5.84. The van der Waals surface area contributed by atoms with Crippen LogP contribution in [0.25, 0.3) is 0 Å². The molecule has 1 aliphatic heterocycles. The number of anilines is 1. The van der Waals surface area contributed by atoms with Crippen molar-refractivity contribution in [3.8, 4) is 0 Å². The fourth-order valence-corrected chi connectivity index (χ4v) is 3.30. The fourth-order valence-electron chi connectivity index (χ4n) is 2.07. The Morgan fingerprint density at radius 1 is 1.29 bits per heavy atom. The molecule has 21 heavy (non-hydrogen) atoms. The zero-order valence-electron chi connectivity index (χ0n) is 11.1. The minimum Gasteiger partial charge on any atom is -0.399 e. The smallest absolute Gasteiger partial charge is 0.246 e. The Hall–Kier alpha value is -1.29. The second-order valence-corrected chi connectivity index (χ2v) is 6.68. The van der Waals surface area contributed by atoms with Gasteiger partial charge in [-0.05, 0) is 12.1 Å². The third-order valence-corrected chi connectivity index (χ3v) is 4.76. The number of hydrogen-bond donors (Lipinski definition) is 3. The molecule has 2 rings (SSSR count). The van der Waals surface area contributed by atoms with Crippen LogP contribution in [0.1, 0.15) is 12.8 Å². The van der Waals surface area contributed by atoms with Gasteiger partial charge < -0.3 is 15.6 Å². The Morgan fingerprint density at radius 3 is 2.33 bits per heavy atom. The molecule has 0 atom stereocenters. The van der Waals surface area contributed by atoms with Crippen LogP contribution in [0.3, 0.4) is 0 Å². The first kappa shape index (κ1) is 16.1. The number of rotatable bonds is 4. The lowest BCUT2D eigenvalue weighted by Crippen LogP contribution is -2.46. The van der Waals surface area contributed by atoms with E-state index in [9.17, 15) is 22.3 Å². The Kier molecular flexibility index (Phi) is 4.47. The topological polar surface area (TPSA) is 102 Å². The molecule has 6 nitrogen and oxygen atoms in total. The van der Waals surface area contributed by atoms with Gasteiger partial charge in [0.1, 0.15) is 11.6 Å². The Balaban J connectivity index is 2.19. The minimum atomic E-state index is -4.43. The molecule has 0 radical (unpaired) electrons. The molecular formula is C12H16F2N2O4S. The van der Waals surface area contributed by atoms with Gasteiger partial charge in [0.25, 0.3) is 0 Å². The van der Waals surface area contributed by atoms with E-state index < -0.39 is 32.2 Å². The number of sulfonamides is 1. The molecule has 1 fully saturated rings. The summed E-state index contributed by atoms with van der Waals surface area (Å²) in [5.74, 6) is -2.56. The molecule has 9 heteroatoms. The van der Waals surface area contributed by atoms with Gasteiger partial charge >= 0.3 is 0 Å². The van der Waals surface area contributed by atoms with Crippen molar-refractivity contribution in [3.05, 3.63) is 23.8 Å². The van der Waals surface area contributed by atoms with Crippen molar-refractivity contribution in [2.45, 2.75) is 23.3 Å². The molecule has 0 bridgehead atoms. The highest BCUT2D eigenvalue weighted by molar-refractivity contribution is 7.89. The number of nitrogens with two attached hydrogens (primary N) is 1. The molecule has 1 aliphatic rings. The summed E-state index contributed by atoms with van der Waals surface area (Å²) in [7, 11) is -4.43. The maximum Gasteiger partial charge on any atom is 0.246 e. The number of hydrogen-bond acceptors (Lipinski definition) is 5. The van der Waals surface area contributed by atoms with Gasteiger partial charge in [0.2, 0.25) is 10.0 Å². The predicted octanol–water partition coefficient (Wildman–Crippen LogP) is 0.367. The normalized spacial score (nSPS) is 18.6. The maximum atomic E-state index is 13.6. The van der Waals surface area contributed by atoms with Crippen molar-refractivity contribution in [1.82, 2.24) is 4.72 Å². The van der Waals surface area contributed by atoms with Crippen molar-refractivity contribution in [2.75, 3.05) is 25.5 Å². The quantitative estimate of drug-likeness (QED) is 0.695. The standard InChI is InChI=1S/C12H16F2N2O4S/c13-9-5-8(15)6-10(14)11(9)21(18,19)16-7-12(17)1-3-20-4-2-12/h5-6,16-17H,1-4,7,15H2. The van der Waals surface area contributed by atoms with Gasteiger partial charge in [-0.25, -0.2) is 21.9 Å². The average molecular weight is 322 g/mol. The fraction of sp³-hybridized carbons (Fsp3) is 0.500. The van der Waals surface area contributed by atoms with Crippen LogP contribution in [0, 0.1) is 11.6 Å². The van der Waals surface area contributed by atoms with Crippen LogP contribution < -0.4 is 10.5 Å². The summed E-state index contributed by atoms with van der Waals surface area (Å²) >= 11 is 0. The van der Waals surface area contributed by atoms with Gasteiger partial charge in [-0.3, -0.25) is 0 Å². The third-order valence-electron chi connectivity index (χ3n) is 3.30. The van der Waals surface area contributed by atoms with E-state index >= 15 is 0 Å². The highest BCUT2D eigenvalue weighted by atomic mass is 32.2. The molecule has 0 aliphatic carbocycles. The molecule has 0 aromatic heterocycles. The van der Waals surface area contributed by atoms with Crippen molar-refractivity contribution in [1.29, 1.82) is 0 Å². The largest absolute Gasteiger partial charge is 0.399 e. The number of nitrogen functional groups attached to an aromatic ring is 1. The van der Waals surface area contributed by atoms with Crippen molar-refractivity contribution in [3.63, 3.8) is 0 Å². The van der Waals surface area contributed by atoms with Gasteiger partial charge in [0.15, 0.2) is 4.90 Å². The lowest BCUT2D eigenvalue weighted by Gasteiger charge is -2.32. The van der Waals surface area contributed by atoms with Crippen LogP contribution in [0.5, 0.6) is 0 Å². The SMILES string of the molecule is Nc1cc(F)c(S(=O)(=O)NCC2(O)CCOCC2)c(F)c1. The van der Waals surface area contributed by atoms with Crippen LogP contribution in [0.2, 0.25) is 0 Å². The lowest BCUT2D eigenvalue weighted by molar-refractivity contribution is -0.0588. The van der Waals surface area contributed by atoms with Crippen LogP contribution in [0.4, 0.5) is 14.5 Å². The molecule has 118 valence electrons. The number of nitrogens with one attached hydrogen (secondary N) is 1. The summed E-state index contributed by atoms with van der Waals surface area (Å²) in [5, 5.41) is 10.1. The Bertz CT molecular complexity index is 607. The molecule has 1 aromatic carbocycles. The summed E-state index contributed by atoms with van der Waals surface area (Å²) in [6.45, 7) is 0.244. The van der Waals surface area contributed by atoms with Crippen LogP contribution in [-0.2, 0) is 14.8 Å². The minimum absolute atomic E-state index is 0.216. The highest BCUT2D eigenvalue weighted by Crippen LogP contribution is 2.23. The van der Waals surface area contributed by atoms with Crippen LogP contribution in [-0.4, -0.2) is 38.9 Å². The van der Waals surface area contributed by atoms with E-state index in [1.54, 1.807) is 0 Å². The highest BCUT2D eigenvalue weighted by Gasteiger charge is 2.33. The number of ether oxygens (including phenoxy) is 1. The first-order chi connectivity index (χ1) is 9.73. The van der Waals surface area contributed by atoms with Crippen LogP contribution in [0.15, 0.2) is 17.0 Å². The van der Waals surface area contributed by atoms with Gasteiger partial charge in [-0.2, -0.15) is 0 Å². The summed E-state index contributed by atoms with van der Waals surface area (Å²) in [6.07, 6.45) is 0.477. The molecule has 0 spiro atoms. The summed E-state index contributed by atoms with van der Waals surface area (Å²) in [6, 6.07) is 1.45. The monoisotopic (exact) mass is 322 g/mol. The zero-order valence-corrected chi connectivity index (χ0v) is 11.9. The first-order valence-corrected chi connectivity index (χ1v) is 7.76. The van der Waals surface area contributed by atoms with E-state index in [-0.39, 0.29) is 25.1 Å². The molecule has 1 saturated heterocycles. The van der Waals surface area contributed by atoms with E-state index in [0.717, 1.165) is 12.1 Å². The molecule has 1 aromatic rings. The van der Waals surface area contributed by atoms with Gasteiger partial charge in [0.05, 0.1) is 5.60 Å². The van der Waals surface area contributed by atoms with Crippen molar-refractivity contribution >= 4 is 15.7 Å². The van der Waals surface area contributed by atoms with E-state index in [2.05, 4.69) is 0 Å². The first-order valence-electron chi connectivity index (χ1n) is 6.28. The second-order valence-electron chi connectivity index (χ2n) is 4.97. The molecule has 0 amide bonds. The lowest BCUT2D eigenvalue weighted by atomic mass is 9.95. The third kappa shape index (κ3) is 3.67. The Morgan fingerprint density at radius 2 is 1.81 bits per heavy atom. The summed E-state index contributed by atoms with van der Waals surface area (Å²) < 4.78 is 58.4. The van der Waals surface area contributed by atoms with Crippen molar-refractivity contribution < 1.29 is 27.0 Å². The number of aliphatic hydroxyl groups is 1. The van der Waals surface area contributed by atoms with E-state index in [4.69, 9.17) is 10.5 Å². The van der Waals surface area contributed by atoms with Gasteiger partial charge in [-0.1, -0.05) is 0 Å². The van der Waals surface area contributed by atoms with E-state index in [1.807, 2.05) is 4.72 Å². The molecule has 0 saturated carbocycles. The van der Waals surface area contributed by atoms with Gasteiger partial charge in [-0.15, -0.1) is 0 Å². The maximum absolute atomic E-state index is 13.6. The molecule has 0 unspecified atom stereocenters. The predicted molar refractivity (Wildman–Crippen MR) is 71.0 cm³/mol. The molecule has 4 N–H and O–H groups in total. The molecule has 1 heterocycles. The van der Waals surface area contributed by atoms with E-state index in [1.165, 1.54) is 0 Å². The zero-order chi connectivity index (χ0) is 15.7. The van der Waals surface area contributed by atoms with E-state index in [0.29, 0.717) is 13.2 Å². The summed E-state index contributed by atoms with van der Waals surface area (Å²) in [5.41, 5.74) is 3.73. The van der Waals surface area contributed by atoms with Crippen molar-refractivity contribution in [2.24, 2.45) is 0 Å². The number of halogens is 2. The van der Waals surface area contributed by atoms with Gasteiger partial charge in [0, 0.05) is 38.3 Å². The molecular weight excluding hydrogens is 306 g/mol. The Labute approximate surface area is 121 Å². The van der Waals surface area contributed by atoms with Crippen LogP contribution >= 0.6 is 0 Å². The summed E-state index contributed by atoms with van der Waals surface area (Å²) in [4.78, 5) is -1.10. The number of benzene rings is 1.